The Kier molecular flexibility index (Phi) is 7.60. The fourth-order valence-electron chi connectivity index (χ4n) is 1.22. The van der Waals surface area contributed by atoms with Gasteiger partial charge in [0.05, 0.1) is 12.2 Å². The number of carbonyl (C=O) groups is 2. The van der Waals surface area contributed by atoms with Crippen LogP contribution in [0, 0.1) is 0 Å². The number of hydrogen-bond acceptors (Lipinski definition) is 3. The summed E-state index contributed by atoms with van der Waals surface area (Å²) in [5.41, 5.74) is 0.188. The summed E-state index contributed by atoms with van der Waals surface area (Å²) in [6.07, 6.45) is 5.71. The van der Waals surface area contributed by atoms with Gasteiger partial charge in [-0.3, -0.25) is 4.79 Å². The first kappa shape index (κ1) is 13.9. The van der Waals surface area contributed by atoms with Crippen molar-refractivity contribution >= 4 is 11.8 Å². The predicted octanol–water partition coefficient (Wildman–Crippen LogP) is 2.65. The van der Waals surface area contributed by atoms with Gasteiger partial charge < -0.3 is 4.74 Å². The molecule has 0 bridgehead atoms. The standard InChI is InChI=1S/C12H20O3/c1-4-6-7-8-9-11(10(3)13)12(14)15-5-2/h9H,4-8H2,1-3H3. The van der Waals surface area contributed by atoms with Crippen LogP contribution in [0.2, 0.25) is 0 Å². The molecular formula is C12H20O3. The summed E-state index contributed by atoms with van der Waals surface area (Å²) in [4.78, 5) is 22.5. The first-order chi connectivity index (χ1) is 7.13. The van der Waals surface area contributed by atoms with Crippen LogP contribution in [0.3, 0.4) is 0 Å². The maximum absolute atomic E-state index is 11.3. The van der Waals surface area contributed by atoms with Crippen LogP contribution < -0.4 is 0 Å². The van der Waals surface area contributed by atoms with Crippen molar-refractivity contribution in [1.82, 2.24) is 0 Å². The third-order valence-corrected chi connectivity index (χ3v) is 2.03. The number of hydrogen-bond donors (Lipinski definition) is 0. The van der Waals surface area contributed by atoms with Gasteiger partial charge >= 0.3 is 5.97 Å². The van der Waals surface area contributed by atoms with Crippen LogP contribution in [0.5, 0.6) is 0 Å². The van der Waals surface area contributed by atoms with Crippen LogP contribution >= 0.6 is 0 Å². The summed E-state index contributed by atoms with van der Waals surface area (Å²) >= 11 is 0. The average molecular weight is 212 g/mol. The molecule has 0 spiro atoms. The minimum Gasteiger partial charge on any atom is -0.462 e. The second kappa shape index (κ2) is 8.21. The maximum Gasteiger partial charge on any atom is 0.341 e. The largest absolute Gasteiger partial charge is 0.462 e. The Bertz CT molecular complexity index is 241. The van der Waals surface area contributed by atoms with Gasteiger partial charge in [0.15, 0.2) is 5.78 Å². The number of esters is 1. The van der Waals surface area contributed by atoms with Crippen molar-refractivity contribution in [3.8, 4) is 0 Å². The number of rotatable bonds is 7. The molecule has 0 rings (SSSR count). The van der Waals surface area contributed by atoms with Crippen molar-refractivity contribution in [3.05, 3.63) is 11.6 Å². The molecule has 0 saturated carbocycles. The van der Waals surface area contributed by atoms with E-state index in [1.165, 1.54) is 6.92 Å². The summed E-state index contributed by atoms with van der Waals surface area (Å²) in [6.45, 7) is 5.54. The lowest BCUT2D eigenvalue weighted by Gasteiger charge is -2.03. The van der Waals surface area contributed by atoms with E-state index >= 15 is 0 Å². The predicted molar refractivity (Wildman–Crippen MR) is 59.5 cm³/mol. The van der Waals surface area contributed by atoms with Gasteiger partial charge in [0.25, 0.3) is 0 Å². The van der Waals surface area contributed by atoms with Crippen LogP contribution in [0.4, 0.5) is 0 Å². The molecule has 3 nitrogen and oxygen atoms in total. The van der Waals surface area contributed by atoms with Crippen LogP contribution in [0.15, 0.2) is 11.6 Å². The van der Waals surface area contributed by atoms with E-state index in [0.29, 0.717) is 6.61 Å². The molecule has 15 heavy (non-hydrogen) atoms. The second-order valence-electron chi connectivity index (χ2n) is 3.39. The SMILES string of the molecule is CCCCCC=C(C(C)=O)C(=O)OCC. The Morgan fingerprint density at radius 1 is 1.20 bits per heavy atom. The number of Topliss-reactive ketones (excluding diaryl/α,β-unsaturated/α-hetero) is 1. The molecule has 0 aromatic rings. The molecule has 0 unspecified atom stereocenters. The van der Waals surface area contributed by atoms with Gasteiger partial charge in [-0.25, -0.2) is 4.79 Å². The van der Waals surface area contributed by atoms with E-state index in [2.05, 4.69) is 6.92 Å². The monoisotopic (exact) mass is 212 g/mol. The van der Waals surface area contributed by atoms with E-state index in [1.807, 2.05) is 0 Å². The van der Waals surface area contributed by atoms with Crippen molar-refractivity contribution in [2.24, 2.45) is 0 Å². The Morgan fingerprint density at radius 2 is 1.87 bits per heavy atom. The van der Waals surface area contributed by atoms with Crippen molar-refractivity contribution in [2.45, 2.75) is 46.5 Å². The van der Waals surface area contributed by atoms with E-state index < -0.39 is 5.97 Å². The molecule has 0 aliphatic heterocycles. The Hall–Kier alpha value is -1.12. The van der Waals surface area contributed by atoms with E-state index in [1.54, 1.807) is 13.0 Å². The van der Waals surface area contributed by atoms with Gasteiger partial charge in [0, 0.05) is 0 Å². The Labute approximate surface area is 91.5 Å². The molecule has 0 heterocycles. The lowest BCUT2D eigenvalue weighted by Crippen LogP contribution is -2.13. The molecule has 0 radical (unpaired) electrons. The fraction of sp³-hybridized carbons (Fsp3) is 0.667. The van der Waals surface area contributed by atoms with Gasteiger partial charge in [0.2, 0.25) is 0 Å². The average Bonchev–Trinajstić information content (AvgIpc) is 2.17. The summed E-state index contributed by atoms with van der Waals surface area (Å²) < 4.78 is 4.79. The highest BCUT2D eigenvalue weighted by atomic mass is 16.5. The third-order valence-electron chi connectivity index (χ3n) is 2.03. The molecule has 0 amide bonds. The summed E-state index contributed by atoms with van der Waals surface area (Å²) in [7, 11) is 0. The van der Waals surface area contributed by atoms with E-state index in [-0.39, 0.29) is 11.4 Å². The molecular weight excluding hydrogens is 192 g/mol. The first-order valence-electron chi connectivity index (χ1n) is 5.51. The minimum atomic E-state index is -0.499. The molecule has 0 atom stereocenters. The number of ketones is 1. The van der Waals surface area contributed by atoms with E-state index in [0.717, 1.165) is 25.7 Å². The van der Waals surface area contributed by atoms with Crippen molar-refractivity contribution < 1.29 is 14.3 Å². The van der Waals surface area contributed by atoms with Crippen molar-refractivity contribution in [1.29, 1.82) is 0 Å². The Morgan fingerprint density at radius 3 is 2.33 bits per heavy atom. The zero-order valence-electron chi connectivity index (χ0n) is 9.84. The summed E-state index contributed by atoms with van der Waals surface area (Å²) in [5.74, 6) is -0.716. The van der Waals surface area contributed by atoms with Gasteiger partial charge in [-0.2, -0.15) is 0 Å². The van der Waals surface area contributed by atoms with Crippen LogP contribution in [0.1, 0.15) is 46.5 Å². The number of ether oxygens (including phenoxy) is 1. The van der Waals surface area contributed by atoms with E-state index in [4.69, 9.17) is 4.74 Å². The first-order valence-corrected chi connectivity index (χ1v) is 5.51. The maximum atomic E-state index is 11.3. The molecule has 0 aliphatic carbocycles. The minimum absolute atomic E-state index is 0.188. The zero-order chi connectivity index (χ0) is 11.7. The second-order valence-corrected chi connectivity index (χ2v) is 3.39. The third kappa shape index (κ3) is 6.05. The normalized spacial score (nSPS) is 11.3. The fourth-order valence-corrected chi connectivity index (χ4v) is 1.22. The molecule has 86 valence electrons. The Balaban J connectivity index is 4.25. The summed E-state index contributed by atoms with van der Waals surface area (Å²) in [6, 6.07) is 0. The molecule has 0 aromatic heterocycles. The molecule has 0 aromatic carbocycles. The van der Waals surface area contributed by atoms with Gasteiger partial charge in [0.1, 0.15) is 0 Å². The number of carbonyl (C=O) groups excluding carboxylic acids is 2. The van der Waals surface area contributed by atoms with Gasteiger partial charge in [-0.15, -0.1) is 0 Å². The van der Waals surface area contributed by atoms with Crippen LogP contribution in [-0.2, 0) is 14.3 Å². The molecule has 3 heteroatoms. The van der Waals surface area contributed by atoms with Crippen molar-refractivity contribution in [2.75, 3.05) is 6.61 Å². The van der Waals surface area contributed by atoms with E-state index in [9.17, 15) is 9.59 Å². The molecule has 0 saturated heterocycles. The smallest absolute Gasteiger partial charge is 0.341 e. The highest BCUT2D eigenvalue weighted by Crippen LogP contribution is 2.06. The lowest BCUT2D eigenvalue weighted by atomic mass is 10.1. The zero-order valence-corrected chi connectivity index (χ0v) is 9.84. The van der Waals surface area contributed by atoms with Gasteiger partial charge in [-0.05, 0) is 26.7 Å². The topological polar surface area (TPSA) is 43.4 Å². The lowest BCUT2D eigenvalue weighted by molar-refractivity contribution is -0.139. The van der Waals surface area contributed by atoms with Crippen LogP contribution in [0.25, 0.3) is 0 Å². The quantitative estimate of drug-likeness (QED) is 0.214. The van der Waals surface area contributed by atoms with Gasteiger partial charge in [-0.1, -0.05) is 25.8 Å². The summed E-state index contributed by atoms with van der Waals surface area (Å²) in [5, 5.41) is 0. The molecule has 0 N–H and O–H groups in total. The number of unbranched alkanes of at least 4 members (excludes halogenated alkanes) is 3. The number of allylic oxidation sites excluding steroid dienone is 1. The van der Waals surface area contributed by atoms with Crippen LogP contribution in [-0.4, -0.2) is 18.4 Å². The van der Waals surface area contributed by atoms with Crippen molar-refractivity contribution in [3.63, 3.8) is 0 Å². The highest BCUT2D eigenvalue weighted by molar-refractivity contribution is 6.16. The highest BCUT2D eigenvalue weighted by Gasteiger charge is 2.14. The molecule has 0 aliphatic rings. The molecule has 0 fully saturated rings.